The second-order valence-corrected chi connectivity index (χ2v) is 3.83. The molecule has 0 bridgehead atoms. The summed E-state index contributed by atoms with van der Waals surface area (Å²) in [6.45, 7) is 0. The number of nitro groups is 1. The Morgan fingerprint density at radius 3 is 2.78 bits per heavy atom. The number of rotatable bonds is 3. The zero-order valence-corrected chi connectivity index (χ0v) is 9.41. The highest BCUT2D eigenvalue weighted by molar-refractivity contribution is 6.05. The predicted octanol–water partition coefficient (Wildman–Crippen LogP) is 1.24. The van der Waals surface area contributed by atoms with Gasteiger partial charge in [-0.05, 0) is 5.56 Å². The molecule has 0 saturated carbocycles. The lowest BCUT2D eigenvalue weighted by molar-refractivity contribution is -0.552. The van der Waals surface area contributed by atoms with E-state index in [1.807, 2.05) is 6.07 Å². The fourth-order valence-corrected chi connectivity index (χ4v) is 1.81. The van der Waals surface area contributed by atoms with Gasteiger partial charge < -0.3 is 5.32 Å². The van der Waals surface area contributed by atoms with Crippen LogP contribution < -0.4 is 5.32 Å². The van der Waals surface area contributed by atoms with Crippen molar-refractivity contribution < 1.29 is 4.92 Å². The van der Waals surface area contributed by atoms with Crippen LogP contribution in [0.25, 0.3) is 0 Å². The monoisotopic (exact) mass is 242 g/mol. The van der Waals surface area contributed by atoms with Gasteiger partial charge in [0.25, 0.3) is 0 Å². The molecule has 0 radical (unpaired) electrons. The average Bonchev–Trinajstić information content (AvgIpc) is 2.40. The molecule has 2 rings (SSSR count). The van der Waals surface area contributed by atoms with E-state index in [9.17, 15) is 10.1 Å². The summed E-state index contributed by atoms with van der Waals surface area (Å²) < 4.78 is 0. The SMILES string of the molecule is N#CC1=NC=CNC1(Cc1ccccc1)[N+](=O)[O-]. The Labute approximate surface area is 103 Å². The van der Waals surface area contributed by atoms with E-state index >= 15 is 0 Å². The van der Waals surface area contributed by atoms with Crippen LogP contribution in [0.3, 0.4) is 0 Å². The van der Waals surface area contributed by atoms with Gasteiger partial charge in [-0.15, -0.1) is 0 Å². The van der Waals surface area contributed by atoms with Gasteiger partial charge in [-0.25, -0.2) is 4.99 Å². The molecule has 6 heteroatoms. The van der Waals surface area contributed by atoms with Crippen LogP contribution >= 0.6 is 0 Å². The summed E-state index contributed by atoms with van der Waals surface area (Å²) in [4.78, 5) is 14.6. The van der Waals surface area contributed by atoms with Crippen molar-refractivity contribution in [2.75, 3.05) is 0 Å². The van der Waals surface area contributed by atoms with E-state index in [-0.39, 0.29) is 12.1 Å². The van der Waals surface area contributed by atoms with Crippen LogP contribution in [0.15, 0.2) is 47.7 Å². The minimum Gasteiger partial charge on any atom is -0.320 e. The Morgan fingerprint density at radius 1 is 1.44 bits per heavy atom. The highest BCUT2D eigenvalue weighted by Gasteiger charge is 2.49. The van der Waals surface area contributed by atoms with Gasteiger partial charge in [0, 0.05) is 12.4 Å². The molecule has 0 saturated heterocycles. The molecular formula is C12H10N4O2. The van der Waals surface area contributed by atoms with Gasteiger partial charge in [0.15, 0.2) is 0 Å². The van der Waals surface area contributed by atoms with Gasteiger partial charge in [0.05, 0.1) is 11.3 Å². The molecular weight excluding hydrogens is 232 g/mol. The number of nitrogens with zero attached hydrogens (tertiary/aromatic N) is 3. The lowest BCUT2D eigenvalue weighted by atomic mass is 9.95. The van der Waals surface area contributed by atoms with Crippen LogP contribution in [0.2, 0.25) is 0 Å². The van der Waals surface area contributed by atoms with Gasteiger partial charge in [0.1, 0.15) is 6.07 Å². The van der Waals surface area contributed by atoms with Crippen LogP contribution in [-0.4, -0.2) is 16.3 Å². The van der Waals surface area contributed by atoms with E-state index in [4.69, 9.17) is 5.26 Å². The van der Waals surface area contributed by atoms with Crippen LogP contribution in [0, 0.1) is 21.4 Å². The summed E-state index contributed by atoms with van der Waals surface area (Å²) in [7, 11) is 0. The van der Waals surface area contributed by atoms with Gasteiger partial charge in [0.2, 0.25) is 5.71 Å². The Kier molecular flexibility index (Phi) is 3.06. The first-order chi connectivity index (χ1) is 8.69. The normalized spacial score (nSPS) is 21.6. The average molecular weight is 242 g/mol. The summed E-state index contributed by atoms with van der Waals surface area (Å²) >= 11 is 0. The van der Waals surface area contributed by atoms with Crippen molar-refractivity contribution in [2.24, 2.45) is 4.99 Å². The van der Waals surface area contributed by atoms with Crippen molar-refractivity contribution in [2.45, 2.75) is 12.1 Å². The number of hydrogen-bond donors (Lipinski definition) is 1. The number of nitriles is 1. The second-order valence-electron chi connectivity index (χ2n) is 3.83. The van der Waals surface area contributed by atoms with Crippen LogP contribution in [0.1, 0.15) is 5.56 Å². The summed E-state index contributed by atoms with van der Waals surface area (Å²) in [5.41, 5.74) is -1.05. The van der Waals surface area contributed by atoms with Gasteiger partial charge in [-0.2, -0.15) is 5.26 Å². The third kappa shape index (κ3) is 1.94. The first-order valence-electron chi connectivity index (χ1n) is 5.28. The van der Waals surface area contributed by atoms with Crippen molar-refractivity contribution in [1.82, 2.24) is 5.32 Å². The first-order valence-corrected chi connectivity index (χ1v) is 5.28. The van der Waals surface area contributed by atoms with E-state index in [1.54, 1.807) is 30.3 Å². The van der Waals surface area contributed by atoms with Gasteiger partial charge in [-0.3, -0.25) is 10.1 Å². The minimum absolute atomic E-state index is 0.0670. The molecule has 0 aliphatic carbocycles. The third-order valence-corrected chi connectivity index (χ3v) is 2.71. The zero-order chi connectivity index (χ0) is 13.0. The van der Waals surface area contributed by atoms with E-state index in [0.717, 1.165) is 5.56 Å². The zero-order valence-electron chi connectivity index (χ0n) is 9.41. The lowest BCUT2D eigenvalue weighted by Crippen LogP contribution is -2.58. The second kappa shape index (κ2) is 4.67. The fraction of sp³-hybridized carbons (Fsp3) is 0.167. The molecule has 1 aromatic rings. The highest BCUT2D eigenvalue weighted by atomic mass is 16.6. The Bertz CT molecular complexity index is 559. The molecule has 0 fully saturated rings. The Balaban J connectivity index is 2.41. The molecule has 1 atom stereocenters. The van der Waals surface area contributed by atoms with Crippen molar-refractivity contribution in [3.8, 4) is 6.07 Å². The Morgan fingerprint density at radius 2 is 2.17 bits per heavy atom. The maximum Gasteiger partial charge on any atom is 0.350 e. The number of nitrogens with one attached hydrogen (secondary N) is 1. The topological polar surface area (TPSA) is 91.3 Å². The molecule has 0 aromatic heterocycles. The van der Waals surface area contributed by atoms with Crippen molar-refractivity contribution in [3.05, 3.63) is 58.4 Å². The molecule has 1 aromatic carbocycles. The largest absolute Gasteiger partial charge is 0.350 e. The molecule has 1 aliphatic rings. The number of benzene rings is 1. The van der Waals surface area contributed by atoms with E-state index in [2.05, 4.69) is 10.3 Å². The molecule has 90 valence electrons. The first kappa shape index (κ1) is 11.8. The van der Waals surface area contributed by atoms with Gasteiger partial charge in [-0.1, -0.05) is 30.3 Å². The molecule has 18 heavy (non-hydrogen) atoms. The highest BCUT2D eigenvalue weighted by Crippen LogP contribution is 2.19. The summed E-state index contributed by atoms with van der Waals surface area (Å²) in [5.74, 6) is 0. The van der Waals surface area contributed by atoms with Crippen molar-refractivity contribution in [1.29, 1.82) is 5.26 Å². The van der Waals surface area contributed by atoms with Crippen LogP contribution in [0.4, 0.5) is 0 Å². The van der Waals surface area contributed by atoms with Crippen molar-refractivity contribution in [3.63, 3.8) is 0 Å². The third-order valence-electron chi connectivity index (χ3n) is 2.71. The maximum absolute atomic E-state index is 11.3. The molecule has 6 nitrogen and oxygen atoms in total. The van der Waals surface area contributed by atoms with E-state index in [0.29, 0.717) is 0 Å². The standard InChI is InChI=1S/C12H10N4O2/c13-9-11-12(16(17)18,15-7-6-14-11)8-10-4-2-1-3-5-10/h1-7,15H,8H2. The summed E-state index contributed by atoms with van der Waals surface area (Å²) in [6.07, 6.45) is 2.79. The minimum atomic E-state index is -1.68. The molecule has 1 N–H and O–H groups in total. The predicted molar refractivity (Wildman–Crippen MR) is 65.2 cm³/mol. The number of hydrogen-bond acceptors (Lipinski definition) is 5. The smallest absolute Gasteiger partial charge is 0.320 e. The molecule has 0 amide bonds. The molecule has 1 aliphatic heterocycles. The fourth-order valence-electron chi connectivity index (χ4n) is 1.81. The molecule has 1 unspecified atom stereocenters. The van der Waals surface area contributed by atoms with Crippen LogP contribution in [-0.2, 0) is 6.42 Å². The van der Waals surface area contributed by atoms with Crippen molar-refractivity contribution >= 4 is 5.71 Å². The molecule has 1 heterocycles. The summed E-state index contributed by atoms with van der Waals surface area (Å²) in [5, 5.41) is 23.0. The Hall–Kier alpha value is -2.68. The summed E-state index contributed by atoms with van der Waals surface area (Å²) in [6, 6.07) is 10.8. The number of aliphatic imine (C=N–C) groups is 1. The quantitative estimate of drug-likeness (QED) is 0.637. The van der Waals surface area contributed by atoms with E-state index in [1.165, 1.54) is 12.4 Å². The lowest BCUT2D eigenvalue weighted by Gasteiger charge is -2.25. The van der Waals surface area contributed by atoms with E-state index < -0.39 is 10.6 Å². The van der Waals surface area contributed by atoms with Gasteiger partial charge >= 0.3 is 5.66 Å². The molecule has 0 spiro atoms. The maximum atomic E-state index is 11.3. The van der Waals surface area contributed by atoms with Crippen LogP contribution in [0.5, 0.6) is 0 Å².